The molecule has 2 aromatic rings. The lowest BCUT2D eigenvalue weighted by Crippen LogP contribution is -2.47. The minimum absolute atomic E-state index is 0.0269. The number of nitrogens with zero attached hydrogens (tertiary/aromatic N) is 2. The number of carboxylic acid groups (broad SMARTS) is 1. The van der Waals surface area contributed by atoms with E-state index in [0.717, 1.165) is 17.0 Å². The van der Waals surface area contributed by atoms with Gasteiger partial charge in [0.15, 0.2) is 0 Å². The molecule has 0 aliphatic carbocycles. The van der Waals surface area contributed by atoms with Gasteiger partial charge in [-0.15, -0.1) is 0 Å². The first-order valence-corrected chi connectivity index (χ1v) is 11.6. The van der Waals surface area contributed by atoms with E-state index in [2.05, 4.69) is 0 Å². The standard InChI is InChI=1S/C26H29F3N2O5/c1-26(2,3)36-25(35)31(14-18-6-8-19(27)12-22(18)29)15-23(32)30-10-4-5-17(13-30)16-7-9-21(28)20(11-16)24(33)34/h6-9,11-12,17H,4-5,10,13-15H2,1-3H3,(H,33,34). The van der Waals surface area contributed by atoms with E-state index in [9.17, 15) is 32.7 Å². The molecule has 0 aromatic heterocycles. The zero-order chi connectivity index (χ0) is 26.6. The van der Waals surface area contributed by atoms with Gasteiger partial charge in [-0.2, -0.15) is 0 Å². The SMILES string of the molecule is CC(C)(C)OC(=O)N(CC(=O)N1CCCC(c2ccc(F)c(C(=O)O)c2)C1)Cc1ccc(F)cc1F. The van der Waals surface area contributed by atoms with E-state index in [1.165, 1.54) is 23.1 Å². The highest BCUT2D eigenvalue weighted by Gasteiger charge is 2.30. The van der Waals surface area contributed by atoms with Gasteiger partial charge in [-0.25, -0.2) is 22.8 Å². The molecule has 0 saturated carbocycles. The molecule has 2 amide bonds. The van der Waals surface area contributed by atoms with Gasteiger partial charge in [0.1, 0.15) is 29.6 Å². The van der Waals surface area contributed by atoms with Crippen LogP contribution in [0.1, 0.15) is 61.0 Å². The third-order valence-electron chi connectivity index (χ3n) is 5.82. The van der Waals surface area contributed by atoms with Crippen LogP contribution in [0.3, 0.4) is 0 Å². The molecule has 1 aliphatic heterocycles. The number of ether oxygens (including phenoxy) is 1. The first kappa shape index (κ1) is 27.0. The summed E-state index contributed by atoms with van der Waals surface area (Å²) in [6, 6.07) is 6.86. The summed E-state index contributed by atoms with van der Waals surface area (Å²) in [6.07, 6.45) is 0.470. The van der Waals surface area contributed by atoms with Gasteiger partial charge in [-0.3, -0.25) is 9.69 Å². The number of amides is 2. The fraction of sp³-hybridized carbons (Fsp3) is 0.423. The summed E-state index contributed by atoms with van der Waals surface area (Å²) in [6.45, 7) is 4.93. The van der Waals surface area contributed by atoms with Crippen LogP contribution in [0.15, 0.2) is 36.4 Å². The van der Waals surface area contributed by atoms with Crippen LogP contribution in [0.4, 0.5) is 18.0 Å². The summed E-state index contributed by atoms with van der Waals surface area (Å²) in [5, 5.41) is 9.21. The quantitative estimate of drug-likeness (QED) is 0.600. The number of piperidine rings is 1. The molecule has 1 saturated heterocycles. The number of carbonyl (C=O) groups is 3. The molecule has 36 heavy (non-hydrogen) atoms. The maximum absolute atomic E-state index is 14.3. The molecule has 10 heteroatoms. The number of halogens is 3. The van der Waals surface area contributed by atoms with Crippen molar-refractivity contribution in [2.45, 2.75) is 51.7 Å². The van der Waals surface area contributed by atoms with Crippen LogP contribution >= 0.6 is 0 Å². The molecule has 194 valence electrons. The maximum Gasteiger partial charge on any atom is 0.411 e. The van der Waals surface area contributed by atoms with E-state index in [1.807, 2.05) is 0 Å². The summed E-state index contributed by atoms with van der Waals surface area (Å²) in [5.74, 6) is -4.45. The Labute approximate surface area is 207 Å². The summed E-state index contributed by atoms with van der Waals surface area (Å²) in [4.78, 5) is 39.9. The fourth-order valence-electron chi connectivity index (χ4n) is 4.07. The van der Waals surface area contributed by atoms with Crippen molar-refractivity contribution >= 4 is 18.0 Å². The second kappa shape index (κ2) is 11.0. The van der Waals surface area contributed by atoms with Crippen molar-refractivity contribution in [2.75, 3.05) is 19.6 Å². The zero-order valence-electron chi connectivity index (χ0n) is 20.4. The molecule has 1 atom stereocenters. The minimum Gasteiger partial charge on any atom is -0.478 e. The molecule has 1 N–H and O–H groups in total. The molecule has 1 unspecified atom stereocenters. The zero-order valence-corrected chi connectivity index (χ0v) is 20.4. The average molecular weight is 507 g/mol. The number of hydrogen-bond donors (Lipinski definition) is 1. The van der Waals surface area contributed by atoms with E-state index < -0.39 is 53.1 Å². The third kappa shape index (κ3) is 6.99. The van der Waals surface area contributed by atoms with Crippen LogP contribution in [0, 0.1) is 17.5 Å². The van der Waals surface area contributed by atoms with Crippen molar-refractivity contribution in [3.63, 3.8) is 0 Å². The van der Waals surface area contributed by atoms with Crippen molar-refractivity contribution < 1.29 is 37.4 Å². The number of benzene rings is 2. The van der Waals surface area contributed by atoms with E-state index in [1.54, 1.807) is 20.8 Å². The molecule has 3 rings (SSSR count). The van der Waals surface area contributed by atoms with Crippen molar-refractivity contribution in [1.29, 1.82) is 0 Å². The smallest absolute Gasteiger partial charge is 0.411 e. The number of carbonyl (C=O) groups excluding carboxylic acids is 2. The highest BCUT2D eigenvalue weighted by Crippen LogP contribution is 2.28. The number of aromatic carboxylic acids is 1. The van der Waals surface area contributed by atoms with Gasteiger partial charge in [0.05, 0.1) is 12.1 Å². The van der Waals surface area contributed by atoms with E-state index in [-0.39, 0.29) is 24.6 Å². The van der Waals surface area contributed by atoms with Gasteiger partial charge in [0.25, 0.3) is 0 Å². The van der Waals surface area contributed by atoms with E-state index in [0.29, 0.717) is 31.0 Å². The maximum atomic E-state index is 14.3. The highest BCUT2D eigenvalue weighted by molar-refractivity contribution is 5.88. The Morgan fingerprint density at radius 1 is 1.08 bits per heavy atom. The predicted molar refractivity (Wildman–Crippen MR) is 125 cm³/mol. The topological polar surface area (TPSA) is 87.2 Å². The van der Waals surface area contributed by atoms with Crippen LogP contribution in [-0.4, -0.2) is 58.1 Å². The highest BCUT2D eigenvalue weighted by atomic mass is 19.1. The van der Waals surface area contributed by atoms with E-state index in [4.69, 9.17) is 4.74 Å². The van der Waals surface area contributed by atoms with Gasteiger partial charge in [0.2, 0.25) is 5.91 Å². The van der Waals surface area contributed by atoms with Crippen LogP contribution in [0.25, 0.3) is 0 Å². The molecule has 2 aromatic carbocycles. The van der Waals surface area contributed by atoms with Gasteiger partial charge >= 0.3 is 12.1 Å². The summed E-state index contributed by atoms with van der Waals surface area (Å²) >= 11 is 0. The second-order valence-corrected chi connectivity index (χ2v) is 9.80. The lowest BCUT2D eigenvalue weighted by Gasteiger charge is -2.35. The number of carboxylic acids is 1. The first-order chi connectivity index (χ1) is 16.8. The van der Waals surface area contributed by atoms with Gasteiger partial charge in [-0.05, 0) is 57.4 Å². The normalized spacial score (nSPS) is 15.9. The Morgan fingerprint density at radius 2 is 1.81 bits per heavy atom. The molecule has 0 spiro atoms. The summed E-state index contributed by atoms with van der Waals surface area (Å²) < 4.78 is 46.8. The molecular formula is C26H29F3N2O5. The Kier molecular flexibility index (Phi) is 8.27. The molecule has 7 nitrogen and oxygen atoms in total. The monoisotopic (exact) mass is 506 g/mol. The predicted octanol–water partition coefficient (Wildman–Crippen LogP) is 4.95. The van der Waals surface area contributed by atoms with Crippen molar-refractivity contribution in [3.05, 3.63) is 70.5 Å². The van der Waals surface area contributed by atoms with Crippen LogP contribution in [0.2, 0.25) is 0 Å². The number of rotatable bonds is 6. The van der Waals surface area contributed by atoms with Crippen molar-refractivity contribution in [2.24, 2.45) is 0 Å². The average Bonchev–Trinajstić information content (AvgIpc) is 2.79. The summed E-state index contributed by atoms with van der Waals surface area (Å²) in [7, 11) is 0. The summed E-state index contributed by atoms with van der Waals surface area (Å²) in [5.41, 5.74) is -0.670. The van der Waals surface area contributed by atoms with Crippen LogP contribution in [0.5, 0.6) is 0 Å². The van der Waals surface area contributed by atoms with E-state index >= 15 is 0 Å². The lowest BCUT2D eigenvalue weighted by atomic mass is 9.89. The number of hydrogen-bond acceptors (Lipinski definition) is 4. The second-order valence-electron chi connectivity index (χ2n) is 9.80. The van der Waals surface area contributed by atoms with Gasteiger partial charge < -0.3 is 14.7 Å². The Balaban J connectivity index is 1.77. The van der Waals surface area contributed by atoms with Gasteiger partial charge in [-0.1, -0.05) is 12.1 Å². The minimum atomic E-state index is -1.38. The molecule has 0 radical (unpaired) electrons. The van der Waals surface area contributed by atoms with Gasteiger partial charge in [0, 0.05) is 30.6 Å². The molecule has 1 fully saturated rings. The Morgan fingerprint density at radius 3 is 2.44 bits per heavy atom. The third-order valence-corrected chi connectivity index (χ3v) is 5.82. The van der Waals surface area contributed by atoms with Crippen LogP contribution < -0.4 is 0 Å². The molecular weight excluding hydrogens is 477 g/mol. The molecule has 0 bridgehead atoms. The first-order valence-electron chi connectivity index (χ1n) is 11.6. The van der Waals surface area contributed by atoms with Crippen molar-refractivity contribution in [3.8, 4) is 0 Å². The molecule has 1 heterocycles. The lowest BCUT2D eigenvalue weighted by molar-refractivity contribution is -0.133. The van der Waals surface area contributed by atoms with Crippen LogP contribution in [-0.2, 0) is 16.1 Å². The number of likely N-dealkylation sites (tertiary alicyclic amines) is 1. The molecule has 1 aliphatic rings. The Bertz CT molecular complexity index is 1150. The largest absolute Gasteiger partial charge is 0.478 e. The Hall–Kier alpha value is -3.56. The fourth-order valence-corrected chi connectivity index (χ4v) is 4.07. The van der Waals surface area contributed by atoms with Crippen molar-refractivity contribution in [1.82, 2.24) is 9.80 Å².